The number of hydrogen-bond donors (Lipinski definition) is 1. The average molecular weight is 378 g/mol. The van der Waals surface area contributed by atoms with Gasteiger partial charge in [0.05, 0.1) is 11.5 Å². The predicted molar refractivity (Wildman–Crippen MR) is 83.4 cm³/mol. The van der Waals surface area contributed by atoms with E-state index in [4.69, 9.17) is 4.74 Å². The number of aliphatic hydroxyl groups is 1. The molecule has 7 heteroatoms. The predicted octanol–water partition coefficient (Wildman–Crippen LogP) is 1.99. The van der Waals surface area contributed by atoms with Crippen LogP contribution in [-0.2, 0) is 21.4 Å². The molecular weight excluding hydrogens is 358 g/mol. The molecule has 5 nitrogen and oxygen atoms in total. The first kappa shape index (κ1) is 16.9. The SMILES string of the molecule is COCC1CCN(S(=O)(=O)c2cc(CO)ccc2Br)CC1. The van der Waals surface area contributed by atoms with Gasteiger partial charge in [0.15, 0.2) is 0 Å². The zero-order chi connectivity index (χ0) is 15.5. The van der Waals surface area contributed by atoms with Crippen molar-refractivity contribution >= 4 is 26.0 Å². The number of rotatable bonds is 5. The summed E-state index contributed by atoms with van der Waals surface area (Å²) in [5.74, 6) is 0.425. The molecule has 1 fully saturated rings. The summed E-state index contributed by atoms with van der Waals surface area (Å²) < 4.78 is 32.6. The third-order valence-corrected chi connectivity index (χ3v) is 6.66. The van der Waals surface area contributed by atoms with Crippen LogP contribution in [0, 0.1) is 5.92 Å². The highest BCUT2D eigenvalue weighted by molar-refractivity contribution is 9.10. The Morgan fingerprint density at radius 3 is 2.62 bits per heavy atom. The maximum absolute atomic E-state index is 12.7. The molecule has 1 N–H and O–H groups in total. The lowest BCUT2D eigenvalue weighted by molar-refractivity contribution is 0.121. The van der Waals surface area contributed by atoms with Gasteiger partial charge in [-0.05, 0) is 52.4 Å². The standard InChI is InChI=1S/C14H20BrNO4S/c1-20-10-11-4-6-16(7-5-11)21(18,19)14-8-12(9-17)2-3-13(14)15/h2-3,8,11,17H,4-7,9-10H2,1H3. The smallest absolute Gasteiger partial charge is 0.244 e. The van der Waals surface area contributed by atoms with Crippen LogP contribution in [0.2, 0.25) is 0 Å². The van der Waals surface area contributed by atoms with E-state index >= 15 is 0 Å². The first-order valence-electron chi connectivity index (χ1n) is 6.87. The van der Waals surface area contributed by atoms with E-state index < -0.39 is 10.0 Å². The van der Waals surface area contributed by atoms with Gasteiger partial charge in [0.2, 0.25) is 10.0 Å². The van der Waals surface area contributed by atoms with E-state index in [0.717, 1.165) is 12.8 Å². The summed E-state index contributed by atoms with van der Waals surface area (Å²) in [4.78, 5) is 0.222. The third-order valence-electron chi connectivity index (χ3n) is 3.77. The molecule has 0 saturated carbocycles. The Balaban J connectivity index is 2.19. The molecule has 0 spiro atoms. The molecule has 0 atom stereocenters. The van der Waals surface area contributed by atoms with Gasteiger partial charge in [-0.15, -0.1) is 0 Å². The zero-order valence-corrected chi connectivity index (χ0v) is 14.4. The molecule has 0 unspecified atom stereocenters. The number of ether oxygens (including phenoxy) is 1. The molecular formula is C14H20BrNO4S. The Kier molecular flexibility index (Phi) is 5.79. The van der Waals surface area contributed by atoms with Crippen LogP contribution in [0.15, 0.2) is 27.6 Å². The first-order chi connectivity index (χ1) is 9.98. The molecule has 1 aliphatic heterocycles. The van der Waals surface area contributed by atoms with Crippen LogP contribution >= 0.6 is 15.9 Å². The van der Waals surface area contributed by atoms with Gasteiger partial charge >= 0.3 is 0 Å². The summed E-state index contributed by atoms with van der Waals surface area (Å²) in [5, 5.41) is 9.19. The molecule has 0 bridgehead atoms. The van der Waals surface area contributed by atoms with Gasteiger partial charge in [-0.2, -0.15) is 4.31 Å². The summed E-state index contributed by atoms with van der Waals surface area (Å²) in [6, 6.07) is 4.89. The Hall–Kier alpha value is -0.470. The molecule has 1 aromatic carbocycles. The number of methoxy groups -OCH3 is 1. The fraction of sp³-hybridized carbons (Fsp3) is 0.571. The highest BCUT2D eigenvalue weighted by atomic mass is 79.9. The second-order valence-corrected chi connectivity index (χ2v) is 7.99. The number of benzene rings is 1. The average Bonchev–Trinajstić information content (AvgIpc) is 2.48. The summed E-state index contributed by atoms with van der Waals surface area (Å²) >= 11 is 3.29. The molecule has 21 heavy (non-hydrogen) atoms. The van der Waals surface area contributed by atoms with Crippen LogP contribution in [-0.4, -0.2) is 44.6 Å². The minimum atomic E-state index is -3.53. The number of halogens is 1. The molecule has 0 radical (unpaired) electrons. The van der Waals surface area contributed by atoms with Gasteiger partial charge in [-0.3, -0.25) is 0 Å². The van der Waals surface area contributed by atoms with Gasteiger partial charge in [0.25, 0.3) is 0 Å². The van der Waals surface area contributed by atoms with Crippen LogP contribution < -0.4 is 0 Å². The van der Waals surface area contributed by atoms with Gasteiger partial charge < -0.3 is 9.84 Å². The van der Waals surface area contributed by atoms with Crippen molar-refractivity contribution in [3.8, 4) is 0 Å². The summed E-state index contributed by atoms with van der Waals surface area (Å²) in [6.45, 7) is 1.52. The van der Waals surface area contributed by atoms with Crippen LogP contribution in [0.4, 0.5) is 0 Å². The van der Waals surface area contributed by atoms with E-state index in [9.17, 15) is 13.5 Å². The first-order valence-corrected chi connectivity index (χ1v) is 9.10. The van der Waals surface area contributed by atoms with Crippen molar-refractivity contribution in [1.82, 2.24) is 4.31 Å². The highest BCUT2D eigenvalue weighted by Crippen LogP contribution is 2.29. The quantitative estimate of drug-likeness (QED) is 0.851. The molecule has 1 heterocycles. The van der Waals surface area contributed by atoms with Gasteiger partial charge in [0, 0.05) is 31.3 Å². The lowest BCUT2D eigenvalue weighted by Gasteiger charge is -2.31. The lowest BCUT2D eigenvalue weighted by Crippen LogP contribution is -2.39. The molecule has 0 amide bonds. The van der Waals surface area contributed by atoms with Gasteiger partial charge in [-0.1, -0.05) is 6.07 Å². The molecule has 1 saturated heterocycles. The Labute approximate surface area is 134 Å². The maximum atomic E-state index is 12.7. The Morgan fingerprint density at radius 1 is 1.38 bits per heavy atom. The van der Waals surface area contributed by atoms with Crippen LogP contribution in [0.5, 0.6) is 0 Å². The van der Waals surface area contributed by atoms with Crippen LogP contribution in [0.3, 0.4) is 0 Å². The molecule has 0 aromatic heterocycles. The summed E-state index contributed by atoms with van der Waals surface area (Å²) in [5.41, 5.74) is 0.589. The number of aliphatic hydroxyl groups excluding tert-OH is 1. The fourth-order valence-corrected chi connectivity index (χ4v) is 4.98. The largest absolute Gasteiger partial charge is 0.392 e. The minimum absolute atomic E-state index is 0.175. The van der Waals surface area contributed by atoms with Crippen LogP contribution in [0.1, 0.15) is 18.4 Å². The Bertz CT molecular complexity index is 583. The van der Waals surface area contributed by atoms with Gasteiger partial charge in [0.1, 0.15) is 0 Å². The second-order valence-electron chi connectivity index (χ2n) is 5.23. The molecule has 0 aliphatic carbocycles. The van der Waals surface area contributed by atoms with Crippen molar-refractivity contribution < 1.29 is 18.3 Å². The minimum Gasteiger partial charge on any atom is -0.392 e. The lowest BCUT2D eigenvalue weighted by atomic mass is 9.99. The van der Waals surface area contributed by atoms with Crippen molar-refractivity contribution in [1.29, 1.82) is 0 Å². The molecule has 1 aliphatic rings. The maximum Gasteiger partial charge on any atom is 0.244 e. The topological polar surface area (TPSA) is 66.8 Å². The number of hydrogen-bond acceptors (Lipinski definition) is 4. The molecule has 118 valence electrons. The van der Waals surface area contributed by atoms with Crippen molar-refractivity contribution in [3.05, 3.63) is 28.2 Å². The van der Waals surface area contributed by atoms with E-state index in [2.05, 4.69) is 15.9 Å². The summed E-state index contributed by atoms with van der Waals surface area (Å²) in [7, 11) is -1.86. The van der Waals surface area contributed by atoms with Crippen molar-refractivity contribution in [2.45, 2.75) is 24.3 Å². The van der Waals surface area contributed by atoms with E-state index in [1.807, 2.05) is 0 Å². The zero-order valence-electron chi connectivity index (χ0n) is 12.0. The fourth-order valence-electron chi connectivity index (χ4n) is 2.53. The van der Waals surface area contributed by atoms with Crippen molar-refractivity contribution in [2.24, 2.45) is 5.92 Å². The number of piperidine rings is 1. The molecule has 2 rings (SSSR count). The number of sulfonamides is 1. The highest BCUT2D eigenvalue weighted by Gasteiger charge is 2.30. The number of nitrogens with zero attached hydrogens (tertiary/aromatic N) is 1. The van der Waals surface area contributed by atoms with E-state index in [-0.39, 0.29) is 11.5 Å². The van der Waals surface area contributed by atoms with E-state index in [1.165, 1.54) is 10.4 Å². The van der Waals surface area contributed by atoms with Crippen molar-refractivity contribution in [2.75, 3.05) is 26.8 Å². The normalized spacial score (nSPS) is 18.0. The second kappa shape index (κ2) is 7.19. The van der Waals surface area contributed by atoms with Gasteiger partial charge in [-0.25, -0.2) is 8.42 Å². The van der Waals surface area contributed by atoms with E-state index in [1.54, 1.807) is 19.2 Å². The monoisotopic (exact) mass is 377 g/mol. The van der Waals surface area contributed by atoms with E-state index in [0.29, 0.717) is 35.7 Å². The molecule has 1 aromatic rings. The van der Waals surface area contributed by atoms with Crippen LogP contribution in [0.25, 0.3) is 0 Å². The third kappa shape index (κ3) is 3.84. The summed E-state index contributed by atoms with van der Waals surface area (Å²) in [6.07, 6.45) is 1.62. The Morgan fingerprint density at radius 2 is 2.05 bits per heavy atom. The van der Waals surface area contributed by atoms with Crippen molar-refractivity contribution in [3.63, 3.8) is 0 Å².